The minimum absolute atomic E-state index is 0.0123. The lowest BCUT2D eigenvalue weighted by molar-refractivity contribution is 0.0365. The third kappa shape index (κ3) is 46.3. The molecule has 3 atom stereocenters. The number of phenolic OH excluding ortho intramolecular Hbond substituents is 1. The fraction of sp³-hybridized carbons (Fsp3) is 0.505. The molecule has 794 valence electrons. The van der Waals surface area contributed by atoms with Crippen molar-refractivity contribution >= 4 is 503 Å². The quantitative estimate of drug-likeness (QED) is 0.0135. The van der Waals surface area contributed by atoms with E-state index in [9.17, 15) is 47.1 Å². The molecule has 0 radical (unpaired) electrons. The summed E-state index contributed by atoms with van der Waals surface area (Å²) in [4.78, 5) is 97.2. The fourth-order valence-electron chi connectivity index (χ4n) is 16.2. The molecule has 7 heterocycles. The van der Waals surface area contributed by atoms with E-state index in [1.54, 1.807) is 12.1 Å². The van der Waals surface area contributed by atoms with Gasteiger partial charge in [0.1, 0.15) is 17.9 Å². The van der Waals surface area contributed by atoms with Crippen LogP contribution in [0.5, 0.6) is 5.75 Å². The molecule has 3 N–H and O–H groups in total. The maximum atomic E-state index is 12.3. The van der Waals surface area contributed by atoms with E-state index in [0.29, 0.717) is 130 Å². The van der Waals surface area contributed by atoms with Crippen LogP contribution >= 0.6 is 452 Å². The molecule has 3 unspecified atom stereocenters. The van der Waals surface area contributed by atoms with Gasteiger partial charge in [0, 0.05) is 112 Å². The number of halogens is 20. The Morgan fingerprint density at radius 3 is 1.10 bits per heavy atom. The van der Waals surface area contributed by atoms with Gasteiger partial charge in [0.05, 0.1) is 88.1 Å². The van der Waals surface area contributed by atoms with Gasteiger partial charge in [-0.1, -0.05) is 12.8 Å². The summed E-state index contributed by atoms with van der Waals surface area (Å²) >= 11 is 43.9. The Morgan fingerprint density at radius 1 is 0.319 bits per heavy atom. The van der Waals surface area contributed by atoms with Crippen molar-refractivity contribution in [1.29, 1.82) is 0 Å². The number of likely N-dealkylation sites (tertiary alicyclic amines) is 4. The summed E-state index contributed by atoms with van der Waals surface area (Å²) in [6.07, 6.45) is 21.3. The third-order valence-electron chi connectivity index (χ3n) is 24.5. The molecule has 0 spiro atoms. The number of piperidine rings is 5. The van der Waals surface area contributed by atoms with Crippen LogP contribution in [0.25, 0.3) is 0 Å². The number of esters is 7. The summed E-state index contributed by atoms with van der Waals surface area (Å²) in [5, 5.41) is 16.7. The van der Waals surface area contributed by atoms with Crippen LogP contribution in [0.2, 0.25) is 0 Å². The number of hydrogen-bond acceptors (Lipinski definition) is 24. The van der Waals surface area contributed by atoms with Crippen molar-refractivity contribution in [2.24, 2.45) is 17.8 Å². The first-order valence-electron chi connectivity index (χ1n) is 46.9. The molecule has 0 amide bonds. The van der Waals surface area contributed by atoms with E-state index in [-0.39, 0.29) is 58.6 Å². The lowest BCUT2D eigenvalue weighted by atomic mass is 9.95. The van der Waals surface area contributed by atoms with E-state index in [4.69, 9.17) is 33.2 Å². The van der Waals surface area contributed by atoms with E-state index in [0.717, 1.165) is 201 Å². The average Bonchev–Trinajstić information content (AvgIpc) is 1.01. The minimum atomic E-state index is -2.82. The van der Waals surface area contributed by atoms with Crippen molar-refractivity contribution in [2.45, 2.75) is 134 Å². The Labute approximate surface area is 1120 Å². The number of carbonyl (C=O) groups excluding carboxylic acids is 7. The maximum absolute atomic E-state index is 12.3. The van der Waals surface area contributed by atoms with Gasteiger partial charge in [-0.05, 0) is 744 Å². The summed E-state index contributed by atoms with van der Waals surface area (Å²) in [6, 6.07) is 28.5. The zero-order chi connectivity index (χ0) is 105. The number of nitrogens with one attached hydrogen (secondary N) is 2. The van der Waals surface area contributed by atoms with Crippen LogP contribution < -0.4 is 10.6 Å². The Hall–Kier alpha value is 4.90. The first kappa shape index (κ1) is 134. The summed E-state index contributed by atoms with van der Waals surface area (Å²) in [7, 11) is 3.59. The van der Waals surface area contributed by atoms with Crippen LogP contribution in [0.4, 0.5) is 0 Å². The van der Waals surface area contributed by atoms with Crippen LogP contribution in [0.1, 0.15) is 195 Å². The molecule has 7 fully saturated rings. The molecule has 0 saturated carbocycles. The largest absolute Gasteiger partial charge is 0.506 e. The molecule has 0 aromatic heterocycles. The third-order valence-corrected chi connectivity index (χ3v) is 51.6. The number of aromatic hydroxyl groups is 1. The zero-order valence-corrected chi connectivity index (χ0v) is 123. The molecule has 7 aromatic rings. The Morgan fingerprint density at radius 2 is 0.688 bits per heavy atom. The SMILES string of the molecule is CN1CCC(COC(=O)c2c(I)ccc(I)c2I)CC1.CN1CCCC(COC(=O)c2c(I)ccc(I)c2I)C1.CN1CCCC1CCOC(=O)c1c(I)ccc(I)c1I.O=C(OCCC1CCCCN1)c1c(I)ccc(I)c1O.O=C(OCCC1CCNCC1)c1c(I)ccc(I)c1I.O=C(OCCCCN1CCS(=O)(=O)CC1)c1c(I)ccc(I)c1I.O=C(OCCN1CCCCC1)c1c(I)ccc(I)c1I. The van der Waals surface area contributed by atoms with Crippen LogP contribution in [-0.2, 0) is 43.0 Å². The molecule has 14 rings (SSSR count). The van der Waals surface area contributed by atoms with Gasteiger partial charge in [0.25, 0.3) is 0 Å². The summed E-state index contributed by atoms with van der Waals surface area (Å²) in [6.45, 7) is 17.3. The molecule has 0 aliphatic carbocycles. The van der Waals surface area contributed by atoms with Crippen molar-refractivity contribution in [3.63, 3.8) is 0 Å². The molecule has 7 aromatic carbocycles. The van der Waals surface area contributed by atoms with Gasteiger partial charge in [-0.3, -0.25) is 4.90 Å². The predicted molar refractivity (Wildman–Crippen MR) is 739 cm³/mol. The van der Waals surface area contributed by atoms with Gasteiger partial charge in [0.15, 0.2) is 9.84 Å². The number of nitrogens with zero attached hydrogens (tertiary/aromatic N) is 5. The van der Waals surface area contributed by atoms with E-state index in [2.05, 4.69) is 463 Å². The molecular weight excluding hydrogens is 4130 g/mol. The molecule has 7 saturated heterocycles. The van der Waals surface area contributed by atoms with Crippen molar-refractivity contribution in [3.8, 4) is 5.75 Å². The van der Waals surface area contributed by atoms with Gasteiger partial charge >= 0.3 is 41.8 Å². The van der Waals surface area contributed by atoms with Gasteiger partial charge in [0.2, 0.25) is 0 Å². The Bertz CT molecular complexity index is 5320. The van der Waals surface area contributed by atoms with Gasteiger partial charge in [-0.25, -0.2) is 42.0 Å². The molecular formula is C99H115I20N7O17S. The number of rotatable bonds is 28. The van der Waals surface area contributed by atoms with Gasteiger partial charge in [-0.15, -0.1) is 0 Å². The molecule has 7 aliphatic heterocycles. The second-order valence-corrected chi connectivity index (χ2v) is 60.1. The highest BCUT2D eigenvalue weighted by molar-refractivity contribution is 14.1. The van der Waals surface area contributed by atoms with Crippen molar-refractivity contribution < 1.29 is 80.2 Å². The van der Waals surface area contributed by atoms with Crippen molar-refractivity contribution in [2.75, 3.05) is 171 Å². The van der Waals surface area contributed by atoms with E-state index >= 15 is 0 Å². The van der Waals surface area contributed by atoms with Crippen molar-refractivity contribution in [1.82, 2.24) is 35.1 Å². The van der Waals surface area contributed by atoms with E-state index < -0.39 is 15.8 Å². The second-order valence-electron chi connectivity index (χ2n) is 35.0. The monoisotopic (exact) mass is 4240 g/mol. The summed E-state index contributed by atoms with van der Waals surface area (Å²) in [5.41, 5.74) is 4.46. The fourth-order valence-corrected chi connectivity index (χ4v) is 32.5. The summed E-state index contributed by atoms with van der Waals surface area (Å²) in [5.74, 6) is 0.519. The smallest absolute Gasteiger partial charge is 0.343 e. The second kappa shape index (κ2) is 71.8. The molecule has 7 aliphatic rings. The highest BCUT2D eigenvalue weighted by Gasteiger charge is 2.31. The van der Waals surface area contributed by atoms with Gasteiger partial charge in [-0.2, -0.15) is 0 Å². The number of ether oxygens (including phenoxy) is 7. The number of sulfone groups is 1. The number of benzene rings is 7. The number of unbranched alkanes of at least 4 members (excludes halogenated alkanes) is 1. The Balaban J connectivity index is 0.000000205. The maximum Gasteiger partial charge on any atom is 0.343 e. The van der Waals surface area contributed by atoms with E-state index in [1.807, 2.05) is 118 Å². The molecule has 24 nitrogen and oxygen atoms in total. The first-order chi connectivity index (χ1) is 68.6. The van der Waals surface area contributed by atoms with E-state index in [1.165, 1.54) is 64.2 Å². The molecule has 45 heteroatoms. The number of phenols is 1. The zero-order valence-electron chi connectivity index (χ0n) is 79.4. The Kier molecular flexibility index (Phi) is 66.8. The predicted octanol–water partition coefficient (Wildman–Crippen LogP) is 26.8. The van der Waals surface area contributed by atoms with Crippen LogP contribution in [0.3, 0.4) is 0 Å². The highest BCUT2D eigenvalue weighted by atomic mass is 127. The average molecular weight is 4250 g/mol. The molecule has 0 bridgehead atoms. The van der Waals surface area contributed by atoms with Crippen LogP contribution in [0, 0.1) is 89.2 Å². The minimum Gasteiger partial charge on any atom is -0.506 e. The number of carbonyl (C=O) groups is 7. The lowest BCUT2D eigenvalue weighted by Crippen LogP contribution is -2.40. The first-order valence-corrected chi connectivity index (χ1v) is 70.3. The topological polar surface area (TPSA) is 279 Å². The van der Waals surface area contributed by atoms with Gasteiger partial charge < -0.3 is 68.5 Å². The van der Waals surface area contributed by atoms with Crippen LogP contribution in [0.15, 0.2) is 84.9 Å². The standard InChI is InChI=1S/C15H18I3NO4S.5C14H16I3NO2.C14H17I2NO3/c16-11-3-4-12(17)14(18)13(11)15(20)23-8-2-1-5-19-6-9-24(21,22)10-7-19;1-18-6-4-9(5-7-18)8-20-14(19)12-10(15)2-3-11(16)13(12)17;1-18-7-2-3-9(18)6-8-20-14(19)12-10(15)4-5-11(16)13(12)17;1-18-6-2-3-9(7-18)8-20-14(19)12-10(15)4-5-11(16)13(12)17;15-10-1-2-11(16)13(17)12(10)14(19)20-8-5-9-3-6-18-7-4-9;15-10-4-5-11(16)13(17)12(10)14(19)20-9-8-18-6-2-1-3-7-18;15-10-4-5-11(16)13(18)12(10)14(19)20-8-6-9-3-1-2-7-17-9/h3-4H,1-2,5-10H2;2-3,9H,4-8H2,1H3;2*4-5,9H,2-3,6-8H2,1H3;1-2,9,18H,3-8H2;4-5H,1-3,6-9H2;4-5,9,17-18H,1-3,6-8H2. The van der Waals surface area contributed by atoms with Crippen LogP contribution in [-0.4, -0.2) is 262 Å². The lowest BCUT2D eigenvalue weighted by Gasteiger charge is -2.29. The van der Waals surface area contributed by atoms with Crippen molar-refractivity contribution in [3.05, 3.63) is 195 Å². The highest BCUT2D eigenvalue weighted by Crippen LogP contribution is 2.35. The molecule has 144 heavy (non-hydrogen) atoms. The number of hydrogen-bond donors (Lipinski definition) is 3. The normalized spacial score (nSPS) is 17.9. The summed E-state index contributed by atoms with van der Waals surface area (Å²) < 4.78 is 80.4.